The summed E-state index contributed by atoms with van der Waals surface area (Å²) in [5.41, 5.74) is 0. The normalized spacial score (nSPS) is 14.5. The van der Waals surface area contributed by atoms with E-state index >= 15 is 0 Å². The Bertz CT molecular complexity index is 379. The molecule has 6 heteroatoms. The molecule has 24 heavy (non-hydrogen) atoms. The van der Waals surface area contributed by atoms with Crippen LogP contribution in [0.2, 0.25) is 0 Å². The first kappa shape index (κ1) is 24.3. The van der Waals surface area contributed by atoms with Gasteiger partial charge in [0.2, 0.25) is 0 Å². The van der Waals surface area contributed by atoms with Gasteiger partial charge in [-0.25, -0.2) is 0 Å². The van der Waals surface area contributed by atoms with Crippen LogP contribution in [0, 0.1) is 0 Å². The molecule has 0 unspecified atom stereocenters. The predicted octanol–water partition coefficient (Wildman–Crippen LogP) is 5.95. The Morgan fingerprint density at radius 1 is 0.667 bits per heavy atom. The van der Waals surface area contributed by atoms with E-state index in [1.807, 2.05) is 0 Å². The number of hydrogen-bond donors (Lipinski definition) is 0. The summed E-state index contributed by atoms with van der Waals surface area (Å²) in [5.74, 6) is 0. The Morgan fingerprint density at radius 3 is 1.25 bits per heavy atom. The Kier molecular flexibility index (Phi) is 12.0. The summed E-state index contributed by atoms with van der Waals surface area (Å²) in [6.07, 6.45) is 12.1. The molecule has 0 saturated carbocycles. The van der Waals surface area contributed by atoms with Gasteiger partial charge in [-0.3, -0.25) is 0 Å². The van der Waals surface area contributed by atoms with Gasteiger partial charge in [-0.15, -0.1) is 0 Å². The summed E-state index contributed by atoms with van der Waals surface area (Å²) in [5, 5.41) is 0. The minimum absolute atomic E-state index is 0.137. The molecule has 148 valence electrons. The third kappa shape index (κ3) is 8.12. The molecule has 0 fully saturated rings. The Balaban J connectivity index is 5.90. The third-order valence-electron chi connectivity index (χ3n) is 4.87. The zero-order chi connectivity index (χ0) is 18.6. The summed E-state index contributed by atoms with van der Waals surface area (Å²) in [7, 11) is -3.91. The van der Waals surface area contributed by atoms with Gasteiger partial charge in [-0.2, -0.15) is 0 Å². The van der Waals surface area contributed by atoms with Gasteiger partial charge in [-0.1, -0.05) is 0 Å². The van der Waals surface area contributed by atoms with Gasteiger partial charge >= 0.3 is 151 Å². The van der Waals surface area contributed by atoms with Crippen molar-refractivity contribution in [3.05, 3.63) is 0 Å². The Labute approximate surface area is 151 Å². The van der Waals surface area contributed by atoms with Crippen LogP contribution in [0.4, 0.5) is 0 Å². The van der Waals surface area contributed by atoms with E-state index in [1.165, 1.54) is 0 Å². The molecule has 0 radical (unpaired) electrons. The Morgan fingerprint density at radius 2 is 1.00 bits per heavy atom. The Hall–Kier alpha value is 0.300. The third-order valence-corrected chi connectivity index (χ3v) is 13.6. The van der Waals surface area contributed by atoms with Crippen molar-refractivity contribution in [1.29, 1.82) is 0 Å². The molecular weight excluding hydrogens is 343 g/mol. The molecule has 0 saturated heterocycles. The van der Waals surface area contributed by atoms with Gasteiger partial charge < -0.3 is 0 Å². The number of hydrogen-bond acceptors (Lipinski definition) is 4. The van der Waals surface area contributed by atoms with Crippen molar-refractivity contribution in [2.45, 2.75) is 86.0 Å². The molecular formula is C18H41O4PS. The van der Waals surface area contributed by atoms with Crippen LogP contribution in [-0.4, -0.2) is 39.7 Å². The van der Waals surface area contributed by atoms with Crippen LogP contribution in [0.25, 0.3) is 0 Å². The second kappa shape index (κ2) is 11.8. The summed E-state index contributed by atoms with van der Waals surface area (Å²) in [6.45, 7) is 7.70. The molecule has 0 aliphatic heterocycles. The predicted molar refractivity (Wildman–Crippen MR) is 108 cm³/mol. The van der Waals surface area contributed by atoms with E-state index in [4.69, 9.17) is 8.15 Å². The van der Waals surface area contributed by atoms with E-state index in [1.54, 1.807) is 6.92 Å². The van der Waals surface area contributed by atoms with Crippen LogP contribution < -0.4 is 0 Å². The van der Waals surface area contributed by atoms with Crippen molar-refractivity contribution in [3.63, 3.8) is 0 Å². The first-order valence-corrected chi connectivity index (χ1v) is 14.2. The average Bonchev–Trinajstić information content (AvgIpc) is 2.55. The maximum absolute atomic E-state index is 12.5. The standard InChI is InChI=1S/C18H41O4PS/c1-6-11-15-23(16-12-7-2,17-13-8-3,18-14-9-4)22-24(19,20)21-10-5/h6-18H2,1-5H3. The van der Waals surface area contributed by atoms with E-state index in [0.29, 0.717) is 0 Å². The molecule has 0 N–H and O–H groups in total. The number of rotatable bonds is 16. The summed E-state index contributed by atoms with van der Waals surface area (Å²) < 4.78 is 36.1. The second-order valence-electron chi connectivity index (χ2n) is 7.06. The monoisotopic (exact) mass is 384 g/mol. The fraction of sp³-hybridized carbons (Fsp3) is 1.00. The molecule has 0 aromatic rings. The fourth-order valence-corrected chi connectivity index (χ4v) is 13.0. The fourth-order valence-electron chi connectivity index (χ4n) is 3.48. The summed E-state index contributed by atoms with van der Waals surface area (Å²) >= 11 is 0. The molecule has 0 aliphatic rings. The van der Waals surface area contributed by atoms with Crippen LogP contribution in [0.15, 0.2) is 0 Å². The van der Waals surface area contributed by atoms with Crippen LogP contribution in [0.1, 0.15) is 86.0 Å². The van der Waals surface area contributed by atoms with Gasteiger partial charge in [0.05, 0.1) is 0 Å². The second-order valence-corrected chi connectivity index (χ2v) is 14.2. The van der Waals surface area contributed by atoms with E-state index in [2.05, 4.69) is 27.7 Å². The van der Waals surface area contributed by atoms with E-state index in [9.17, 15) is 8.42 Å². The average molecular weight is 385 g/mol. The molecule has 0 atom stereocenters. The van der Waals surface area contributed by atoms with E-state index < -0.39 is 17.2 Å². The van der Waals surface area contributed by atoms with Crippen molar-refractivity contribution in [2.75, 3.05) is 31.3 Å². The van der Waals surface area contributed by atoms with Crippen LogP contribution in [-0.2, 0) is 18.6 Å². The first-order chi connectivity index (χ1) is 11.3. The van der Waals surface area contributed by atoms with Crippen LogP contribution in [0.5, 0.6) is 0 Å². The van der Waals surface area contributed by atoms with Gasteiger partial charge in [0.15, 0.2) is 0 Å². The van der Waals surface area contributed by atoms with Gasteiger partial charge in [-0.05, 0) is 0 Å². The molecule has 0 spiro atoms. The van der Waals surface area contributed by atoms with Crippen molar-refractivity contribution >= 4 is 17.2 Å². The first-order valence-electron chi connectivity index (χ1n) is 9.94. The SMILES string of the molecule is CCCCP(CCCC)(CCCC)(CCCC)OS(=O)(=O)OCC. The zero-order valence-corrected chi connectivity index (χ0v) is 18.4. The van der Waals surface area contributed by atoms with Crippen molar-refractivity contribution in [2.24, 2.45) is 0 Å². The van der Waals surface area contributed by atoms with Gasteiger partial charge in [0.25, 0.3) is 0 Å². The molecule has 0 bridgehead atoms. The summed E-state index contributed by atoms with van der Waals surface area (Å²) in [6, 6.07) is 0. The quantitative estimate of drug-likeness (QED) is 0.308. The van der Waals surface area contributed by atoms with Crippen LogP contribution >= 0.6 is 6.83 Å². The van der Waals surface area contributed by atoms with Crippen molar-refractivity contribution < 1.29 is 16.6 Å². The van der Waals surface area contributed by atoms with Crippen LogP contribution in [0.3, 0.4) is 0 Å². The molecule has 0 rings (SSSR count). The van der Waals surface area contributed by atoms with Crippen molar-refractivity contribution in [1.82, 2.24) is 0 Å². The maximum atomic E-state index is 12.5. The van der Waals surface area contributed by atoms with E-state index in [-0.39, 0.29) is 6.61 Å². The molecule has 0 aliphatic carbocycles. The van der Waals surface area contributed by atoms with Crippen molar-refractivity contribution in [3.8, 4) is 0 Å². The topological polar surface area (TPSA) is 52.6 Å². The molecule has 0 heterocycles. The van der Waals surface area contributed by atoms with E-state index in [0.717, 1.165) is 76.0 Å². The molecule has 4 nitrogen and oxygen atoms in total. The summed E-state index contributed by atoms with van der Waals surface area (Å²) in [4.78, 5) is 0. The number of unbranched alkanes of at least 4 members (excludes halogenated alkanes) is 4. The molecule has 0 amide bonds. The minimum atomic E-state index is -3.91. The van der Waals surface area contributed by atoms with Gasteiger partial charge in [0, 0.05) is 0 Å². The molecule has 0 aromatic heterocycles. The zero-order valence-electron chi connectivity index (χ0n) is 16.7. The van der Waals surface area contributed by atoms with Gasteiger partial charge in [0.1, 0.15) is 0 Å². The molecule has 0 aromatic carbocycles.